The molecule has 0 spiro atoms. The molecule has 1 heterocycles. The predicted molar refractivity (Wildman–Crippen MR) is 113 cm³/mol. The standard InChI is InChI=1S/C23H28N2O5/c1-16(2)14-29-19-9-5-17(6-10-19)22(26)24-25-23(27)18-7-11-20(12-8-18)30-15-21-4-3-13-28-21/h5-12,16,21H,3-4,13-15H2,1-2H3,(H,24,26)(H,25,27). The summed E-state index contributed by atoms with van der Waals surface area (Å²) in [6, 6.07) is 13.5. The Kier molecular flexibility index (Phi) is 7.68. The fraction of sp³-hybridized carbons (Fsp3) is 0.391. The maximum Gasteiger partial charge on any atom is 0.269 e. The number of benzene rings is 2. The molecule has 2 aromatic carbocycles. The summed E-state index contributed by atoms with van der Waals surface area (Å²) >= 11 is 0. The Morgan fingerprint density at radius 3 is 1.93 bits per heavy atom. The molecule has 0 aliphatic carbocycles. The Balaban J connectivity index is 1.44. The van der Waals surface area contributed by atoms with Crippen molar-refractivity contribution in [1.82, 2.24) is 10.9 Å². The monoisotopic (exact) mass is 412 g/mol. The van der Waals surface area contributed by atoms with Crippen molar-refractivity contribution < 1.29 is 23.8 Å². The van der Waals surface area contributed by atoms with Crippen molar-refractivity contribution in [3.05, 3.63) is 59.7 Å². The molecule has 1 unspecified atom stereocenters. The third-order valence-corrected chi connectivity index (χ3v) is 4.57. The highest BCUT2D eigenvalue weighted by Crippen LogP contribution is 2.17. The van der Waals surface area contributed by atoms with Crippen LogP contribution in [0.2, 0.25) is 0 Å². The first kappa shape index (κ1) is 21.6. The molecule has 1 fully saturated rings. The summed E-state index contributed by atoms with van der Waals surface area (Å²) < 4.78 is 16.8. The van der Waals surface area contributed by atoms with E-state index in [9.17, 15) is 9.59 Å². The summed E-state index contributed by atoms with van der Waals surface area (Å²) in [4.78, 5) is 24.5. The highest BCUT2D eigenvalue weighted by molar-refractivity contribution is 5.99. The number of hydrogen-bond acceptors (Lipinski definition) is 5. The Labute approximate surface area is 176 Å². The lowest BCUT2D eigenvalue weighted by atomic mass is 10.2. The van der Waals surface area contributed by atoms with E-state index in [1.165, 1.54) is 0 Å². The molecule has 0 saturated carbocycles. The van der Waals surface area contributed by atoms with Gasteiger partial charge in [-0.2, -0.15) is 0 Å². The SMILES string of the molecule is CC(C)COc1ccc(C(=O)NNC(=O)c2ccc(OCC3CCCO3)cc2)cc1. The number of ether oxygens (including phenoxy) is 3. The molecular weight excluding hydrogens is 384 g/mol. The predicted octanol–water partition coefficient (Wildman–Crippen LogP) is 3.35. The van der Waals surface area contributed by atoms with Gasteiger partial charge in [0.25, 0.3) is 11.8 Å². The van der Waals surface area contributed by atoms with Gasteiger partial charge in [0.2, 0.25) is 0 Å². The molecule has 0 bridgehead atoms. The molecule has 1 aliphatic heterocycles. The summed E-state index contributed by atoms with van der Waals surface area (Å²) in [5.41, 5.74) is 5.67. The van der Waals surface area contributed by atoms with E-state index in [1.807, 2.05) is 0 Å². The highest BCUT2D eigenvalue weighted by atomic mass is 16.5. The van der Waals surface area contributed by atoms with Gasteiger partial charge in [0.15, 0.2) is 0 Å². The second kappa shape index (κ2) is 10.6. The molecule has 2 N–H and O–H groups in total. The Hall–Kier alpha value is -3.06. The van der Waals surface area contributed by atoms with Crippen LogP contribution in [-0.2, 0) is 4.74 Å². The maximum atomic E-state index is 12.3. The van der Waals surface area contributed by atoms with E-state index in [-0.39, 0.29) is 6.10 Å². The van der Waals surface area contributed by atoms with E-state index in [2.05, 4.69) is 24.7 Å². The molecule has 1 aliphatic rings. The van der Waals surface area contributed by atoms with E-state index < -0.39 is 11.8 Å². The van der Waals surface area contributed by atoms with Crippen molar-refractivity contribution in [2.75, 3.05) is 19.8 Å². The van der Waals surface area contributed by atoms with Crippen LogP contribution in [0.15, 0.2) is 48.5 Å². The molecule has 7 heteroatoms. The normalized spacial score (nSPS) is 15.6. The van der Waals surface area contributed by atoms with Crippen LogP contribution in [0.1, 0.15) is 47.4 Å². The number of carbonyl (C=O) groups excluding carboxylic acids is 2. The van der Waals surface area contributed by atoms with E-state index >= 15 is 0 Å². The molecule has 1 saturated heterocycles. The Morgan fingerprint density at radius 1 is 0.933 bits per heavy atom. The highest BCUT2D eigenvalue weighted by Gasteiger charge is 2.16. The first-order chi connectivity index (χ1) is 14.5. The van der Waals surface area contributed by atoms with Gasteiger partial charge in [-0.1, -0.05) is 13.8 Å². The first-order valence-electron chi connectivity index (χ1n) is 10.2. The van der Waals surface area contributed by atoms with Gasteiger partial charge in [0.05, 0.1) is 12.7 Å². The van der Waals surface area contributed by atoms with Crippen molar-refractivity contribution in [2.45, 2.75) is 32.8 Å². The second-order valence-electron chi connectivity index (χ2n) is 7.61. The van der Waals surface area contributed by atoms with Gasteiger partial charge in [0, 0.05) is 17.7 Å². The van der Waals surface area contributed by atoms with E-state index in [1.54, 1.807) is 48.5 Å². The summed E-state index contributed by atoms with van der Waals surface area (Å²) in [7, 11) is 0. The van der Waals surface area contributed by atoms with Crippen LogP contribution in [0, 0.1) is 5.92 Å². The van der Waals surface area contributed by atoms with Crippen molar-refractivity contribution in [3.8, 4) is 11.5 Å². The summed E-state index contributed by atoms with van der Waals surface area (Å²) in [6.07, 6.45) is 2.21. The second-order valence-corrected chi connectivity index (χ2v) is 7.61. The lowest BCUT2D eigenvalue weighted by molar-refractivity contribution is 0.0679. The zero-order valence-electron chi connectivity index (χ0n) is 17.4. The molecule has 30 heavy (non-hydrogen) atoms. The minimum absolute atomic E-state index is 0.138. The lowest BCUT2D eigenvalue weighted by Gasteiger charge is -2.12. The van der Waals surface area contributed by atoms with Crippen molar-refractivity contribution in [2.24, 2.45) is 5.92 Å². The third-order valence-electron chi connectivity index (χ3n) is 4.57. The van der Waals surface area contributed by atoms with Crippen molar-refractivity contribution in [1.29, 1.82) is 0 Å². The zero-order valence-corrected chi connectivity index (χ0v) is 17.4. The quantitative estimate of drug-likeness (QED) is 0.650. The first-order valence-corrected chi connectivity index (χ1v) is 10.2. The number of hydrogen-bond donors (Lipinski definition) is 2. The average Bonchev–Trinajstić information content (AvgIpc) is 3.29. The van der Waals surface area contributed by atoms with Crippen LogP contribution < -0.4 is 20.3 Å². The van der Waals surface area contributed by atoms with E-state index in [4.69, 9.17) is 14.2 Å². The summed E-state index contributed by atoms with van der Waals surface area (Å²) in [5, 5.41) is 0. The Morgan fingerprint density at radius 2 is 1.47 bits per heavy atom. The molecule has 7 nitrogen and oxygen atoms in total. The Bertz CT molecular complexity index is 828. The van der Waals surface area contributed by atoms with Crippen LogP contribution >= 0.6 is 0 Å². The van der Waals surface area contributed by atoms with Crippen LogP contribution in [0.5, 0.6) is 11.5 Å². The van der Waals surface area contributed by atoms with E-state index in [0.29, 0.717) is 41.8 Å². The van der Waals surface area contributed by atoms with Crippen LogP contribution in [0.3, 0.4) is 0 Å². The fourth-order valence-electron chi connectivity index (χ4n) is 2.89. The maximum absolute atomic E-state index is 12.3. The van der Waals surface area contributed by atoms with Gasteiger partial charge in [-0.05, 0) is 67.3 Å². The van der Waals surface area contributed by atoms with Crippen LogP contribution in [0.4, 0.5) is 0 Å². The van der Waals surface area contributed by atoms with Crippen molar-refractivity contribution >= 4 is 11.8 Å². The minimum atomic E-state index is -0.411. The van der Waals surface area contributed by atoms with Gasteiger partial charge in [-0.3, -0.25) is 20.4 Å². The number of rotatable bonds is 8. The molecule has 3 rings (SSSR count). The number of amides is 2. The number of hydrazine groups is 1. The molecular formula is C23H28N2O5. The van der Waals surface area contributed by atoms with Gasteiger partial charge < -0.3 is 14.2 Å². The molecule has 0 radical (unpaired) electrons. The van der Waals surface area contributed by atoms with Gasteiger partial charge in [0.1, 0.15) is 18.1 Å². The largest absolute Gasteiger partial charge is 0.493 e. The molecule has 0 aromatic heterocycles. The van der Waals surface area contributed by atoms with Crippen LogP contribution in [0.25, 0.3) is 0 Å². The number of nitrogens with one attached hydrogen (secondary N) is 2. The smallest absolute Gasteiger partial charge is 0.269 e. The van der Waals surface area contributed by atoms with Crippen LogP contribution in [-0.4, -0.2) is 37.7 Å². The molecule has 2 amide bonds. The summed E-state index contributed by atoms with van der Waals surface area (Å²) in [5.74, 6) is 0.975. The third kappa shape index (κ3) is 6.49. The van der Waals surface area contributed by atoms with Gasteiger partial charge in [-0.25, -0.2) is 0 Å². The fourth-order valence-corrected chi connectivity index (χ4v) is 2.89. The lowest BCUT2D eigenvalue weighted by Crippen LogP contribution is -2.41. The molecule has 160 valence electrons. The topological polar surface area (TPSA) is 85.9 Å². The summed E-state index contributed by atoms with van der Waals surface area (Å²) in [6.45, 7) is 6.03. The zero-order chi connectivity index (χ0) is 21.3. The van der Waals surface area contributed by atoms with Crippen molar-refractivity contribution in [3.63, 3.8) is 0 Å². The molecule has 2 aromatic rings. The van der Waals surface area contributed by atoms with Gasteiger partial charge >= 0.3 is 0 Å². The minimum Gasteiger partial charge on any atom is -0.493 e. The van der Waals surface area contributed by atoms with Gasteiger partial charge in [-0.15, -0.1) is 0 Å². The number of carbonyl (C=O) groups is 2. The average molecular weight is 412 g/mol. The van der Waals surface area contributed by atoms with E-state index in [0.717, 1.165) is 19.4 Å². The molecule has 1 atom stereocenters.